The van der Waals surface area contributed by atoms with Gasteiger partial charge in [0.15, 0.2) is 0 Å². The van der Waals surface area contributed by atoms with Crippen molar-refractivity contribution in [2.24, 2.45) is 5.92 Å². The van der Waals surface area contributed by atoms with Gasteiger partial charge in [0.1, 0.15) is 0 Å². The number of nitrogens with one attached hydrogen (secondary N) is 1. The summed E-state index contributed by atoms with van der Waals surface area (Å²) in [5.74, 6) is 1.28. The van der Waals surface area contributed by atoms with Crippen LogP contribution in [-0.4, -0.2) is 34.0 Å². The Kier molecular flexibility index (Phi) is 5.54. The van der Waals surface area contributed by atoms with E-state index in [9.17, 15) is 4.79 Å². The lowest BCUT2D eigenvalue weighted by molar-refractivity contribution is -0.121. The molecule has 1 N–H and O–H groups in total. The molecule has 146 valence electrons. The van der Waals surface area contributed by atoms with Crippen molar-refractivity contribution in [2.45, 2.75) is 33.2 Å². The van der Waals surface area contributed by atoms with Gasteiger partial charge in [0.2, 0.25) is 17.6 Å². The Hall–Kier alpha value is -2.51. The minimum absolute atomic E-state index is 0.0324. The molecule has 4 rings (SSSR count). The van der Waals surface area contributed by atoms with Gasteiger partial charge in [-0.05, 0) is 67.9 Å². The monoisotopic (exact) mass is 396 g/mol. The molecule has 1 fully saturated rings. The fourth-order valence-corrected chi connectivity index (χ4v) is 4.14. The first-order valence-corrected chi connectivity index (χ1v) is 10.4. The van der Waals surface area contributed by atoms with E-state index < -0.39 is 0 Å². The molecule has 0 bridgehead atoms. The molecule has 0 aliphatic carbocycles. The predicted molar refractivity (Wildman–Crippen MR) is 110 cm³/mol. The fraction of sp³-hybridized carbons (Fsp3) is 0.381. The van der Waals surface area contributed by atoms with E-state index in [0.717, 1.165) is 30.0 Å². The van der Waals surface area contributed by atoms with Gasteiger partial charge < -0.3 is 9.84 Å². The molecule has 1 aliphatic heterocycles. The predicted octanol–water partition coefficient (Wildman–Crippen LogP) is 4.27. The molecule has 0 spiro atoms. The summed E-state index contributed by atoms with van der Waals surface area (Å²) in [6.45, 7) is 6.34. The number of carbonyl (C=O) groups excluding carboxylic acids is 1. The van der Waals surface area contributed by atoms with Gasteiger partial charge in [-0.2, -0.15) is 4.98 Å². The van der Waals surface area contributed by atoms with E-state index >= 15 is 0 Å². The van der Waals surface area contributed by atoms with Gasteiger partial charge >= 0.3 is 0 Å². The second kappa shape index (κ2) is 8.24. The number of aryl methyl sites for hydroxylation is 2. The molecule has 6 nitrogen and oxygen atoms in total. The SMILES string of the molecule is Cc1ccc(NC(=O)C2CCCN(Cc3nc(-c4cccs4)no3)C2)cc1C. The summed E-state index contributed by atoms with van der Waals surface area (Å²) in [5.41, 5.74) is 3.27. The number of hydrogen-bond donors (Lipinski definition) is 1. The van der Waals surface area contributed by atoms with Gasteiger partial charge in [-0.15, -0.1) is 11.3 Å². The summed E-state index contributed by atoms with van der Waals surface area (Å²) in [7, 11) is 0. The van der Waals surface area contributed by atoms with E-state index in [1.165, 1.54) is 11.1 Å². The van der Waals surface area contributed by atoms with Crippen LogP contribution >= 0.6 is 11.3 Å². The van der Waals surface area contributed by atoms with Gasteiger partial charge in [-0.3, -0.25) is 9.69 Å². The van der Waals surface area contributed by atoms with Crippen LogP contribution in [0.1, 0.15) is 29.9 Å². The maximum atomic E-state index is 12.7. The first kappa shape index (κ1) is 18.8. The van der Waals surface area contributed by atoms with Crippen LogP contribution in [0, 0.1) is 19.8 Å². The van der Waals surface area contributed by atoms with Crippen LogP contribution in [-0.2, 0) is 11.3 Å². The number of thiophene rings is 1. The zero-order valence-corrected chi connectivity index (χ0v) is 17.0. The average Bonchev–Trinajstić information content (AvgIpc) is 3.37. The molecule has 1 aromatic carbocycles. The van der Waals surface area contributed by atoms with Crippen molar-refractivity contribution < 1.29 is 9.32 Å². The first-order valence-electron chi connectivity index (χ1n) is 9.55. The van der Waals surface area contributed by atoms with Crippen molar-refractivity contribution in [1.29, 1.82) is 0 Å². The normalized spacial score (nSPS) is 17.6. The van der Waals surface area contributed by atoms with Crippen molar-refractivity contribution in [2.75, 3.05) is 18.4 Å². The molecular formula is C21H24N4O2S. The number of aromatic nitrogens is 2. The van der Waals surface area contributed by atoms with Crippen LogP contribution in [0.4, 0.5) is 5.69 Å². The van der Waals surface area contributed by atoms with Crippen LogP contribution in [0.25, 0.3) is 10.7 Å². The van der Waals surface area contributed by atoms with E-state index in [1.807, 2.05) is 35.7 Å². The average molecular weight is 397 g/mol. The summed E-state index contributed by atoms with van der Waals surface area (Å²) >= 11 is 1.59. The molecule has 1 unspecified atom stereocenters. The van der Waals surface area contributed by atoms with E-state index in [4.69, 9.17) is 4.52 Å². The van der Waals surface area contributed by atoms with Crippen LogP contribution in [0.2, 0.25) is 0 Å². The number of amides is 1. The maximum Gasteiger partial charge on any atom is 0.241 e. The number of anilines is 1. The minimum atomic E-state index is -0.0324. The molecule has 28 heavy (non-hydrogen) atoms. The van der Waals surface area contributed by atoms with E-state index in [1.54, 1.807) is 11.3 Å². The number of hydrogen-bond acceptors (Lipinski definition) is 6. The Morgan fingerprint density at radius 1 is 1.32 bits per heavy atom. The van der Waals surface area contributed by atoms with E-state index in [2.05, 4.69) is 34.2 Å². The van der Waals surface area contributed by atoms with E-state index in [-0.39, 0.29) is 11.8 Å². The number of carbonyl (C=O) groups is 1. The molecule has 1 aliphatic rings. The third kappa shape index (κ3) is 4.31. The molecule has 0 saturated carbocycles. The van der Waals surface area contributed by atoms with Crippen molar-refractivity contribution in [3.63, 3.8) is 0 Å². The Labute approximate surface area is 168 Å². The van der Waals surface area contributed by atoms with Crippen LogP contribution in [0.3, 0.4) is 0 Å². The fourth-order valence-electron chi connectivity index (χ4n) is 3.49. The molecule has 1 saturated heterocycles. The van der Waals surface area contributed by atoms with Gasteiger partial charge in [0, 0.05) is 12.2 Å². The molecule has 3 aromatic rings. The second-order valence-electron chi connectivity index (χ2n) is 7.35. The Morgan fingerprint density at radius 3 is 3.00 bits per heavy atom. The zero-order valence-electron chi connectivity index (χ0n) is 16.1. The molecular weight excluding hydrogens is 372 g/mol. The van der Waals surface area contributed by atoms with Gasteiger partial charge in [0.25, 0.3) is 0 Å². The van der Waals surface area contributed by atoms with Crippen LogP contribution in [0.15, 0.2) is 40.2 Å². The smallest absolute Gasteiger partial charge is 0.241 e. The van der Waals surface area contributed by atoms with Crippen molar-refractivity contribution in [3.05, 3.63) is 52.7 Å². The zero-order chi connectivity index (χ0) is 19.5. The number of rotatable bonds is 5. The molecule has 2 aromatic heterocycles. The second-order valence-corrected chi connectivity index (χ2v) is 8.30. The van der Waals surface area contributed by atoms with Gasteiger partial charge in [-0.1, -0.05) is 17.3 Å². The lowest BCUT2D eigenvalue weighted by Crippen LogP contribution is -2.40. The van der Waals surface area contributed by atoms with Crippen molar-refractivity contribution >= 4 is 22.9 Å². The molecule has 0 radical (unpaired) electrons. The van der Waals surface area contributed by atoms with Crippen LogP contribution in [0.5, 0.6) is 0 Å². The van der Waals surface area contributed by atoms with Gasteiger partial charge in [0.05, 0.1) is 17.3 Å². The third-order valence-corrected chi connectivity index (χ3v) is 6.09. The summed E-state index contributed by atoms with van der Waals surface area (Å²) in [6, 6.07) is 9.98. The Morgan fingerprint density at radius 2 is 2.21 bits per heavy atom. The first-order chi connectivity index (χ1) is 13.6. The van der Waals surface area contributed by atoms with Crippen molar-refractivity contribution in [3.8, 4) is 10.7 Å². The summed E-state index contributed by atoms with van der Waals surface area (Å²) in [6.07, 6.45) is 1.88. The largest absolute Gasteiger partial charge is 0.338 e. The number of benzene rings is 1. The third-order valence-electron chi connectivity index (χ3n) is 5.22. The molecule has 1 atom stereocenters. The highest BCUT2D eigenvalue weighted by Gasteiger charge is 2.27. The van der Waals surface area contributed by atoms with E-state index in [0.29, 0.717) is 24.8 Å². The van der Waals surface area contributed by atoms with Crippen molar-refractivity contribution in [1.82, 2.24) is 15.0 Å². The highest BCUT2D eigenvalue weighted by atomic mass is 32.1. The number of likely N-dealkylation sites (tertiary alicyclic amines) is 1. The highest BCUT2D eigenvalue weighted by Crippen LogP contribution is 2.24. The van der Waals surface area contributed by atoms with Gasteiger partial charge in [-0.25, -0.2) is 0 Å². The summed E-state index contributed by atoms with van der Waals surface area (Å²) in [5, 5.41) is 9.13. The Balaban J connectivity index is 1.36. The topological polar surface area (TPSA) is 71.3 Å². The molecule has 7 heteroatoms. The quantitative estimate of drug-likeness (QED) is 0.697. The van der Waals surface area contributed by atoms with Crippen LogP contribution < -0.4 is 5.32 Å². The number of piperidine rings is 1. The standard InChI is InChI=1S/C21H24N4O2S/c1-14-7-8-17(11-15(14)2)22-21(26)16-5-3-9-25(12-16)13-19-23-20(24-27-19)18-6-4-10-28-18/h4,6-8,10-11,16H,3,5,9,12-13H2,1-2H3,(H,22,26). The lowest BCUT2D eigenvalue weighted by atomic mass is 9.97. The minimum Gasteiger partial charge on any atom is -0.338 e. The number of nitrogens with zero attached hydrogens (tertiary/aromatic N) is 3. The summed E-state index contributed by atoms with van der Waals surface area (Å²) < 4.78 is 5.41. The molecule has 1 amide bonds. The lowest BCUT2D eigenvalue weighted by Gasteiger charge is -2.30. The highest BCUT2D eigenvalue weighted by molar-refractivity contribution is 7.13. The molecule has 3 heterocycles. The maximum absolute atomic E-state index is 12.7. The Bertz CT molecular complexity index is 951. The summed E-state index contributed by atoms with van der Waals surface area (Å²) in [4.78, 5) is 20.4.